The first-order valence-electron chi connectivity index (χ1n) is 6.26. The molecule has 0 amide bonds. The number of nitrogens with two attached hydrogens (primary N) is 1. The van der Waals surface area contributed by atoms with Crippen LogP contribution in [-0.4, -0.2) is 37.1 Å². The zero-order valence-electron chi connectivity index (χ0n) is 11.1. The van der Waals surface area contributed by atoms with Crippen LogP contribution < -0.4 is 10.6 Å². The van der Waals surface area contributed by atoms with Crippen LogP contribution in [0.5, 0.6) is 0 Å². The third-order valence-corrected chi connectivity index (χ3v) is 3.18. The minimum absolute atomic E-state index is 0.127. The van der Waals surface area contributed by atoms with Crippen LogP contribution in [0.2, 0.25) is 0 Å². The van der Waals surface area contributed by atoms with Crippen molar-refractivity contribution in [2.75, 3.05) is 31.6 Å². The normalized spacial score (nSPS) is 17.8. The standard InChI is InChI=1S/C14H23N3/c1-14(2,15)11-17-9-8-16(3)13-7-5-4-6-12(13)10-17/h4-7H,8-11,15H2,1-3H3. The molecule has 0 atom stereocenters. The molecule has 1 aliphatic rings. The molecule has 2 rings (SSSR count). The van der Waals surface area contributed by atoms with Gasteiger partial charge in [-0.25, -0.2) is 0 Å². The van der Waals surface area contributed by atoms with Gasteiger partial charge in [-0.2, -0.15) is 0 Å². The Labute approximate surface area is 104 Å². The van der Waals surface area contributed by atoms with E-state index in [4.69, 9.17) is 5.73 Å². The second kappa shape index (κ2) is 4.67. The van der Waals surface area contributed by atoms with Gasteiger partial charge in [0.25, 0.3) is 0 Å². The largest absolute Gasteiger partial charge is 0.373 e. The third-order valence-electron chi connectivity index (χ3n) is 3.18. The molecule has 0 saturated carbocycles. The summed E-state index contributed by atoms with van der Waals surface area (Å²) in [6.07, 6.45) is 0. The van der Waals surface area contributed by atoms with Gasteiger partial charge in [-0.3, -0.25) is 4.90 Å². The van der Waals surface area contributed by atoms with Crippen LogP contribution in [0.4, 0.5) is 5.69 Å². The Balaban J connectivity index is 2.18. The first-order chi connectivity index (χ1) is 7.96. The highest BCUT2D eigenvalue weighted by Crippen LogP contribution is 2.23. The lowest BCUT2D eigenvalue weighted by Gasteiger charge is -2.28. The van der Waals surface area contributed by atoms with Gasteiger partial charge in [-0.1, -0.05) is 18.2 Å². The van der Waals surface area contributed by atoms with Crippen molar-refractivity contribution in [2.45, 2.75) is 25.9 Å². The first-order valence-corrected chi connectivity index (χ1v) is 6.26. The first kappa shape index (κ1) is 12.4. The molecule has 0 fully saturated rings. The number of anilines is 1. The minimum atomic E-state index is -0.127. The molecular weight excluding hydrogens is 210 g/mol. The molecule has 0 saturated heterocycles. The lowest BCUT2D eigenvalue weighted by molar-refractivity contribution is 0.227. The predicted octanol–water partition coefficient (Wildman–Crippen LogP) is 1.68. The van der Waals surface area contributed by atoms with Gasteiger partial charge in [0.15, 0.2) is 0 Å². The summed E-state index contributed by atoms with van der Waals surface area (Å²) in [5.41, 5.74) is 8.74. The molecule has 3 nitrogen and oxygen atoms in total. The van der Waals surface area contributed by atoms with Crippen molar-refractivity contribution in [3.63, 3.8) is 0 Å². The third kappa shape index (κ3) is 3.20. The van der Waals surface area contributed by atoms with E-state index in [9.17, 15) is 0 Å². The van der Waals surface area contributed by atoms with E-state index in [1.807, 2.05) is 0 Å². The number of hydrogen-bond donors (Lipinski definition) is 1. The summed E-state index contributed by atoms with van der Waals surface area (Å²) < 4.78 is 0. The van der Waals surface area contributed by atoms with Crippen LogP contribution in [0.3, 0.4) is 0 Å². The van der Waals surface area contributed by atoms with Crippen molar-refractivity contribution in [3.05, 3.63) is 29.8 Å². The summed E-state index contributed by atoms with van der Waals surface area (Å²) >= 11 is 0. The molecular formula is C14H23N3. The molecule has 0 unspecified atom stereocenters. The molecule has 3 heteroatoms. The topological polar surface area (TPSA) is 32.5 Å². The summed E-state index contributed by atoms with van der Waals surface area (Å²) in [7, 11) is 2.16. The second-order valence-electron chi connectivity index (χ2n) is 5.75. The summed E-state index contributed by atoms with van der Waals surface area (Å²) in [6, 6.07) is 8.64. The molecule has 1 aromatic carbocycles. The van der Waals surface area contributed by atoms with Crippen LogP contribution >= 0.6 is 0 Å². The van der Waals surface area contributed by atoms with Crippen LogP contribution in [0.1, 0.15) is 19.4 Å². The number of fused-ring (bicyclic) bond motifs is 1. The van der Waals surface area contributed by atoms with E-state index in [0.29, 0.717) is 0 Å². The van der Waals surface area contributed by atoms with Gasteiger partial charge in [0, 0.05) is 44.5 Å². The molecule has 0 aliphatic carbocycles. The van der Waals surface area contributed by atoms with E-state index < -0.39 is 0 Å². The quantitative estimate of drug-likeness (QED) is 0.843. The van der Waals surface area contributed by atoms with E-state index >= 15 is 0 Å². The maximum Gasteiger partial charge on any atom is 0.0409 e. The fourth-order valence-electron chi connectivity index (χ4n) is 2.46. The molecule has 0 radical (unpaired) electrons. The monoisotopic (exact) mass is 233 g/mol. The van der Waals surface area contributed by atoms with Crippen molar-refractivity contribution < 1.29 is 0 Å². The molecule has 1 heterocycles. The molecule has 0 aromatic heterocycles. The van der Waals surface area contributed by atoms with Crippen LogP contribution in [0.15, 0.2) is 24.3 Å². The van der Waals surface area contributed by atoms with Crippen molar-refractivity contribution in [1.82, 2.24) is 4.90 Å². The van der Waals surface area contributed by atoms with Crippen molar-refractivity contribution in [1.29, 1.82) is 0 Å². The SMILES string of the molecule is CN1CCN(CC(C)(C)N)Cc2ccccc21. The van der Waals surface area contributed by atoms with Gasteiger partial charge in [0.1, 0.15) is 0 Å². The van der Waals surface area contributed by atoms with E-state index in [0.717, 1.165) is 26.2 Å². The summed E-state index contributed by atoms with van der Waals surface area (Å²) in [6.45, 7) is 8.26. The minimum Gasteiger partial charge on any atom is -0.373 e. The highest BCUT2D eigenvalue weighted by molar-refractivity contribution is 5.53. The smallest absolute Gasteiger partial charge is 0.0409 e. The summed E-state index contributed by atoms with van der Waals surface area (Å²) in [5.74, 6) is 0. The van der Waals surface area contributed by atoms with E-state index in [1.165, 1.54) is 11.3 Å². The molecule has 2 N–H and O–H groups in total. The average molecular weight is 233 g/mol. The Morgan fingerprint density at radius 3 is 2.65 bits per heavy atom. The zero-order chi connectivity index (χ0) is 12.5. The van der Waals surface area contributed by atoms with E-state index in [1.54, 1.807) is 0 Å². The Morgan fingerprint density at radius 2 is 1.94 bits per heavy atom. The van der Waals surface area contributed by atoms with Gasteiger partial charge in [0.05, 0.1) is 0 Å². The molecule has 1 aromatic rings. The molecule has 0 spiro atoms. The Kier molecular flexibility index (Phi) is 3.40. The number of hydrogen-bond acceptors (Lipinski definition) is 3. The van der Waals surface area contributed by atoms with Gasteiger partial charge >= 0.3 is 0 Å². The fourth-order valence-corrected chi connectivity index (χ4v) is 2.46. The fraction of sp³-hybridized carbons (Fsp3) is 0.571. The zero-order valence-corrected chi connectivity index (χ0v) is 11.1. The highest BCUT2D eigenvalue weighted by Gasteiger charge is 2.21. The van der Waals surface area contributed by atoms with Crippen LogP contribution in [0, 0.1) is 0 Å². The lowest BCUT2D eigenvalue weighted by Crippen LogP contribution is -2.46. The lowest BCUT2D eigenvalue weighted by atomic mass is 10.1. The van der Waals surface area contributed by atoms with Crippen LogP contribution in [-0.2, 0) is 6.54 Å². The maximum absolute atomic E-state index is 6.12. The van der Waals surface area contributed by atoms with Crippen LogP contribution in [0.25, 0.3) is 0 Å². The molecule has 0 bridgehead atoms. The summed E-state index contributed by atoms with van der Waals surface area (Å²) in [5, 5.41) is 0. The second-order valence-corrected chi connectivity index (χ2v) is 5.75. The van der Waals surface area contributed by atoms with Gasteiger partial charge in [-0.15, -0.1) is 0 Å². The Bertz CT molecular complexity index is 381. The van der Waals surface area contributed by atoms with E-state index in [-0.39, 0.29) is 5.54 Å². The van der Waals surface area contributed by atoms with Crippen molar-refractivity contribution >= 4 is 5.69 Å². The van der Waals surface area contributed by atoms with Gasteiger partial charge in [-0.05, 0) is 25.5 Å². The highest BCUT2D eigenvalue weighted by atomic mass is 15.2. The van der Waals surface area contributed by atoms with E-state index in [2.05, 4.69) is 55.0 Å². The molecule has 1 aliphatic heterocycles. The number of para-hydroxylation sites is 1. The van der Waals surface area contributed by atoms with Gasteiger partial charge in [0.2, 0.25) is 0 Å². The Hall–Kier alpha value is -1.06. The number of likely N-dealkylation sites (N-methyl/N-ethyl adjacent to an activating group) is 1. The number of benzene rings is 1. The predicted molar refractivity (Wildman–Crippen MR) is 73.3 cm³/mol. The maximum atomic E-state index is 6.12. The van der Waals surface area contributed by atoms with Gasteiger partial charge < -0.3 is 10.6 Å². The number of nitrogens with zero attached hydrogens (tertiary/aromatic N) is 2. The number of rotatable bonds is 2. The van der Waals surface area contributed by atoms with Crippen molar-refractivity contribution in [2.24, 2.45) is 5.73 Å². The van der Waals surface area contributed by atoms with Crippen molar-refractivity contribution in [3.8, 4) is 0 Å². The Morgan fingerprint density at radius 1 is 1.24 bits per heavy atom. The molecule has 17 heavy (non-hydrogen) atoms. The summed E-state index contributed by atoms with van der Waals surface area (Å²) in [4.78, 5) is 4.78. The average Bonchev–Trinajstić information content (AvgIpc) is 2.37. The molecule has 94 valence electrons.